The SMILES string of the molecule is CC(O)(CNC(=O)c1ccc(N2CCCC2=O)cc1)c1cccs1. The van der Waals surface area contributed by atoms with Crippen molar-refractivity contribution >= 4 is 28.8 Å². The number of carbonyl (C=O) groups is 2. The number of amides is 2. The predicted molar refractivity (Wildman–Crippen MR) is 94.3 cm³/mol. The Hall–Kier alpha value is -2.18. The normalized spacial score (nSPS) is 16.9. The third-order valence-corrected chi connectivity index (χ3v) is 5.28. The van der Waals surface area contributed by atoms with Gasteiger partial charge in [-0.25, -0.2) is 0 Å². The van der Waals surface area contributed by atoms with E-state index in [9.17, 15) is 14.7 Å². The van der Waals surface area contributed by atoms with E-state index >= 15 is 0 Å². The maximum absolute atomic E-state index is 12.3. The molecule has 1 aliphatic rings. The molecular weight excluding hydrogens is 324 g/mol. The summed E-state index contributed by atoms with van der Waals surface area (Å²) in [6.45, 7) is 2.55. The Morgan fingerprint density at radius 3 is 2.67 bits per heavy atom. The number of aliphatic hydroxyl groups is 1. The van der Waals surface area contributed by atoms with E-state index in [0.29, 0.717) is 12.0 Å². The van der Waals surface area contributed by atoms with Gasteiger partial charge in [-0.3, -0.25) is 9.59 Å². The van der Waals surface area contributed by atoms with Crippen LogP contribution < -0.4 is 10.2 Å². The van der Waals surface area contributed by atoms with Crippen LogP contribution >= 0.6 is 11.3 Å². The summed E-state index contributed by atoms with van der Waals surface area (Å²) < 4.78 is 0. The fourth-order valence-electron chi connectivity index (χ4n) is 2.74. The summed E-state index contributed by atoms with van der Waals surface area (Å²) in [4.78, 5) is 26.5. The molecular formula is C18H20N2O3S. The van der Waals surface area contributed by atoms with Gasteiger partial charge in [-0.15, -0.1) is 11.3 Å². The van der Waals surface area contributed by atoms with Gasteiger partial charge < -0.3 is 15.3 Å². The quantitative estimate of drug-likeness (QED) is 0.876. The number of nitrogens with zero attached hydrogens (tertiary/aromatic N) is 1. The lowest BCUT2D eigenvalue weighted by Gasteiger charge is -2.22. The zero-order valence-corrected chi connectivity index (χ0v) is 14.3. The number of rotatable bonds is 5. The molecule has 0 aliphatic carbocycles. The lowest BCUT2D eigenvalue weighted by molar-refractivity contribution is -0.117. The van der Waals surface area contributed by atoms with Gasteiger partial charge in [0.05, 0.1) is 6.54 Å². The summed E-state index contributed by atoms with van der Waals surface area (Å²) in [5.74, 6) is -0.120. The average molecular weight is 344 g/mol. The van der Waals surface area contributed by atoms with Gasteiger partial charge in [0.25, 0.3) is 5.91 Å². The Morgan fingerprint density at radius 2 is 2.08 bits per heavy atom. The van der Waals surface area contributed by atoms with E-state index < -0.39 is 5.60 Å². The van der Waals surface area contributed by atoms with Gasteiger partial charge in [0.2, 0.25) is 5.91 Å². The van der Waals surface area contributed by atoms with E-state index in [1.54, 1.807) is 36.1 Å². The van der Waals surface area contributed by atoms with Crippen LogP contribution in [0.2, 0.25) is 0 Å². The summed E-state index contributed by atoms with van der Waals surface area (Å²) in [6.07, 6.45) is 1.46. The monoisotopic (exact) mass is 344 g/mol. The number of thiophene rings is 1. The first-order valence-electron chi connectivity index (χ1n) is 7.92. The minimum atomic E-state index is -1.09. The van der Waals surface area contributed by atoms with Crippen LogP contribution in [-0.2, 0) is 10.4 Å². The van der Waals surface area contributed by atoms with Gasteiger partial charge in [-0.1, -0.05) is 6.07 Å². The Kier molecular flexibility index (Phi) is 4.69. The first-order chi connectivity index (χ1) is 11.5. The Balaban J connectivity index is 1.62. The largest absolute Gasteiger partial charge is 0.383 e. The van der Waals surface area contributed by atoms with Crippen molar-refractivity contribution in [2.24, 2.45) is 0 Å². The van der Waals surface area contributed by atoms with Crippen molar-refractivity contribution in [3.05, 3.63) is 52.2 Å². The highest BCUT2D eigenvalue weighted by Gasteiger charge is 2.25. The molecule has 3 rings (SSSR count). The summed E-state index contributed by atoms with van der Waals surface area (Å²) >= 11 is 1.45. The number of benzene rings is 1. The standard InChI is InChI=1S/C18H20N2O3S/c1-18(23,15-4-3-11-24-15)12-19-17(22)13-6-8-14(9-7-13)20-10-2-5-16(20)21/h3-4,6-9,11,23H,2,5,10,12H2,1H3,(H,19,22). The van der Waals surface area contributed by atoms with Crippen molar-refractivity contribution in [3.8, 4) is 0 Å². The van der Waals surface area contributed by atoms with E-state index in [1.807, 2.05) is 17.5 Å². The summed E-state index contributed by atoms with van der Waals surface area (Å²) in [5, 5.41) is 15.1. The van der Waals surface area contributed by atoms with Crippen LogP contribution in [0.25, 0.3) is 0 Å². The molecule has 6 heteroatoms. The zero-order valence-electron chi connectivity index (χ0n) is 13.5. The minimum Gasteiger partial charge on any atom is -0.383 e. The number of hydrogen-bond acceptors (Lipinski definition) is 4. The molecule has 2 aromatic rings. The van der Waals surface area contributed by atoms with E-state index in [0.717, 1.165) is 23.5 Å². The topological polar surface area (TPSA) is 69.6 Å². The van der Waals surface area contributed by atoms with Crippen molar-refractivity contribution in [1.29, 1.82) is 0 Å². The molecule has 1 saturated heterocycles. The predicted octanol–water partition coefficient (Wildman–Crippen LogP) is 2.51. The van der Waals surface area contributed by atoms with E-state index in [1.165, 1.54) is 11.3 Å². The molecule has 1 unspecified atom stereocenters. The molecule has 1 fully saturated rings. The van der Waals surface area contributed by atoms with Gasteiger partial charge in [0.15, 0.2) is 0 Å². The van der Waals surface area contributed by atoms with Crippen molar-refractivity contribution in [2.45, 2.75) is 25.4 Å². The highest BCUT2D eigenvalue weighted by molar-refractivity contribution is 7.10. The van der Waals surface area contributed by atoms with Crippen LogP contribution in [0.3, 0.4) is 0 Å². The molecule has 5 nitrogen and oxygen atoms in total. The number of anilines is 1. The van der Waals surface area contributed by atoms with Crippen molar-refractivity contribution < 1.29 is 14.7 Å². The van der Waals surface area contributed by atoms with Crippen LogP contribution in [0.4, 0.5) is 5.69 Å². The maximum atomic E-state index is 12.3. The molecule has 126 valence electrons. The fraction of sp³-hybridized carbons (Fsp3) is 0.333. The van der Waals surface area contributed by atoms with Crippen LogP contribution in [0, 0.1) is 0 Å². The second-order valence-corrected chi connectivity index (χ2v) is 7.08. The molecule has 0 radical (unpaired) electrons. The average Bonchev–Trinajstić information content (AvgIpc) is 3.25. The van der Waals surface area contributed by atoms with Crippen LogP contribution in [0.5, 0.6) is 0 Å². The summed E-state index contributed by atoms with van der Waals surface area (Å²) in [5.41, 5.74) is 0.234. The molecule has 2 amide bonds. The fourth-order valence-corrected chi connectivity index (χ4v) is 3.53. The molecule has 1 aliphatic heterocycles. The zero-order chi connectivity index (χ0) is 17.2. The molecule has 24 heavy (non-hydrogen) atoms. The van der Waals surface area contributed by atoms with Crippen LogP contribution in [0.15, 0.2) is 41.8 Å². The lowest BCUT2D eigenvalue weighted by atomic mass is 10.0. The van der Waals surface area contributed by atoms with Crippen molar-refractivity contribution in [3.63, 3.8) is 0 Å². The van der Waals surface area contributed by atoms with Crippen molar-refractivity contribution in [1.82, 2.24) is 5.32 Å². The Bertz CT molecular complexity index is 723. The highest BCUT2D eigenvalue weighted by Crippen LogP contribution is 2.25. The molecule has 1 aromatic carbocycles. The molecule has 0 saturated carbocycles. The van der Waals surface area contributed by atoms with Crippen LogP contribution in [0.1, 0.15) is 35.0 Å². The molecule has 0 spiro atoms. The molecule has 0 bridgehead atoms. The Labute approximate surface area is 144 Å². The minimum absolute atomic E-state index is 0.124. The molecule has 1 atom stereocenters. The third-order valence-electron chi connectivity index (χ3n) is 4.16. The summed E-state index contributed by atoms with van der Waals surface area (Å²) in [7, 11) is 0. The smallest absolute Gasteiger partial charge is 0.251 e. The first kappa shape index (κ1) is 16.7. The van der Waals surface area contributed by atoms with Gasteiger partial charge in [0, 0.05) is 29.1 Å². The maximum Gasteiger partial charge on any atom is 0.251 e. The second-order valence-electron chi connectivity index (χ2n) is 6.13. The number of carbonyl (C=O) groups excluding carboxylic acids is 2. The highest BCUT2D eigenvalue weighted by atomic mass is 32.1. The first-order valence-corrected chi connectivity index (χ1v) is 8.80. The lowest BCUT2D eigenvalue weighted by Crippen LogP contribution is -2.38. The number of hydrogen-bond donors (Lipinski definition) is 2. The second kappa shape index (κ2) is 6.75. The molecule has 2 heterocycles. The van der Waals surface area contributed by atoms with E-state index in [4.69, 9.17) is 0 Å². The van der Waals surface area contributed by atoms with Crippen molar-refractivity contribution in [2.75, 3.05) is 18.0 Å². The van der Waals surface area contributed by atoms with E-state index in [-0.39, 0.29) is 18.4 Å². The third kappa shape index (κ3) is 3.49. The van der Waals surface area contributed by atoms with E-state index in [2.05, 4.69) is 5.32 Å². The van der Waals surface area contributed by atoms with Crippen LogP contribution in [-0.4, -0.2) is 30.0 Å². The van der Waals surface area contributed by atoms with Gasteiger partial charge in [-0.05, 0) is 49.1 Å². The molecule has 2 N–H and O–H groups in total. The van der Waals surface area contributed by atoms with Gasteiger partial charge >= 0.3 is 0 Å². The number of nitrogens with one attached hydrogen (secondary N) is 1. The van der Waals surface area contributed by atoms with Gasteiger partial charge in [-0.2, -0.15) is 0 Å². The van der Waals surface area contributed by atoms with Gasteiger partial charge in [0.1, 0.15) is 5.60 Å². The molecule has 1 aromatic heterocycles. The Morgan fingerprint density at radius 1 is 1.33 bits per heavy atom. The summed E-state index contributed by atoms with van der Waals surface area (Å²) in [6, 6.07) is 10.7.